The highest BCUT2D eigenvalue weighted by Crippen LogP contribution is 2.50. The zero-order valence-electron chi connectivity index (χ0n) is 15.3. The van der Waals surface area contributed by atoms with Gasteiger partial charge in [0.1, 0.15) is 11.6 Å². The van der Waals surface area contributed by atoms with E-state index in [2.05, 4.69) is 0 Å². The number of benzene rings is 2. The molecule has 1 aliphatic carbocycles. The Morgan fingerprint density at radius 1 is 1.18 bits per heavy atom. The third-order valence-corrected chi connectivity index (χ3v) is 7.79. The summed E-state index contributed by atoms with van der Waals surface area (Å²) in [5.74, 6) is -3.26. The smallest absolute Gasteiger partial charge is 0.332 e. The first kappa shape index (κ1) is 20.7. The molecule has 4 nitrogen and oxygen atoms in total. The molecule has 2 aromatic carbocycles. The molecular formula is C20H19ClF2O4S. The number of carbonyl (C=O) groups excluding carboxylic acids is 1. The number of esters is 1. The number of hydrogen-bond acceptors (Lipinski definition) is 4. The lowest BCUT2D eigenvalue weighted by molar-refractivity contribution is -0.147. The maximum atomic E-state index is 15.0. The van der Waals surface area contributed by atoms with Gasteiger partial charge >= 0.3 is 5.97 Å². The number of rotatable bonds is 4. The van der Waals surface area contributed by atoms with Gasteiger partial charge in [-0.05, 0) is 67.6 Å². The SMILES string of the molecule is CCOC(=O)C1(S(=O)(=O)c2ccc(Cl)cc2)CCC(C)c2c(F)ccc(F)c21. The molecule has 0 saturated heterocycles. The third-order valence-electron chi connectivity index (χ3n) is 5.16. The Morgan fingerprint density at radius 3 is 2.39 bits per heavy atom. The maximum absolute atomic E-state index is 15.0. The van der Waals surface area contributed by atoms with Gasteiger partial charge in [0.2, 0.25) is 4.75 Å². The molecule has 8 heteroatoms. The Labute approximate surface area is 167 Å². The van der Waals surface area contributed by atoms with Crippen molar-refractivity contribution in [2.24, 2.45) is 0 Å². The van der Waals surface area contributed by atoms with Gasteiger partial charge in [-0.15, -0.1) is 0 Å². The van der Waals surface area contributed by atoms with Gasteiger partial charge in [-0.3, -0.25) is 0 Å². The number of hydrogen-bond donors (Lipinski definition) is 0. The molecule has 3 rings (SSSR count). The largest absolute Gasteiger partial charge is 0.465 e. The van der Waals surface area contributed by atoms with Crippen molar-refractivity contribution in [3.8, 4) is 0 Å². The molecule has 0 aliphatic heterocycles. The first-order valence-corrected chi connectivity index (χ1v) is 10.7. The minimum atomic E-state index is -4.48. The van der Waals surface area contributed by atoms with Crippen LogP contribution in [0, 0.1) is 11.6 Å². The molecule has 0 aromatic heterocycles. The van der Waals surface area contributed by atoms with Crippen molar-refractivity contribution >= 4 is 27.4 Å². The number of carbonyl (C=O) groups is 1. The van der Waals surface area contributed by atoms with Gasteiger partial charge in [-0.25, -0.2) is 22.0 Å². The van der Waals surface area contributed by atoms with E-state index in [0.29, 0.717) is 5.02 Å². The number of sulfone groups is 1. The molecular weight excluding hydrogens is 410 g/mol. The Kier molecular flexibility index (Phi) is 5.51. The molecule has 0 amide bonds. The van der Waals surface area contributed by atoms with Gasteiger partial charge in [0.15, 0.2) is 9.84 Å². The first-order chi connectivity index (χ1) is 13.2. The van der Waals surface area contributed by atoms with E-state index in [4.69, 9.17) is 16.3 Å². The molecule has 2 unspecified atom stereocenters. The molecule has 2 atom stereocenters. The number of ether oxygens (including phenoxy) is 1. The van der Waals surface area contributed by atoms with E-state index in [1.807, 2.05) is 0 Å². The van der Waals surface area contributed by atoms with Crippen molar-refractivity contribution in [2.45, 2.75) is 42.2 Å². The van der Waals surface area contributed by atoms with Crippen LogP contribution in [-0.2, 0) is 24.1 Å². The van der Waals surface area contributed by atoms with Crippen LogP contribution in [0.1, 0.15) is 43.7 Å². The average molecular weight is 429 g/mol. The van der Waals surface area contributed by atoms with Crippen LogP contribution in [0.25, 0.3) is 0 Å². The zero-order chi connectivity index (χ0) is 20.7. The van der Waals surface area contributed by atoms with Crippen molar-refractivity contribution in [2.75, 3.05) is 6.61 Å². The van der Waals surface area contributed by atoms with Gasteiger partial charge in [-0.1, -0.05) is 18.5 Å². The van der Waals surface area contributed by atoms with Crippen molar-refractivity contribution in [3.05, 3.63) is 64.2 Å². The Morgan fingerprint density at radius 2 is 1.79 bits per heavy atom. The van der Waals surface area contributed by atoms with Crippen LogP contribution in [0.2, 0.25) is 5.02 Å². The van der Waals surface area contributed by atoms with Gasteiger partial charge in [0.25, 0.3) is 0 Å². The lowest BCUT2D eigenvalue weighted by Crippen LogP contribution is -2.48. The summed E-state index contributed by atoms with van der Waals surface area (Å²) in [5.41, 5.74) is -0.559. The molecule has 0 bridgehead atoms. The summed E-state index contributed by atoms with van der Waals surface area (Å²) in [5, 5.41) is 0.305. The molecule has 1 aliphatic rings. The molecule has 0 saturated carbocycles. The van der Waals surface area contributed by atoms with Crippen LogP contribution in [0.3, 0.4) is 0 Å². The summed E-state index contributed by atoms with van der Waals surface area (Å²) in [4.78, 5) is 12.8. The number of halogens is 3. The fourth-order valence-corrected chi connectivity index (χ4v) is 5.96. The van der Waals surface area contributed by atoms with Crippen molar-refractivity contribution in [1.29, 1.82) is 0 Å². The van der Waals surface area contributed by atoms with Crippen molar-refractivity contribution < 1.29 is 26.7 Å². The van der Waals surface area contributed by atoms with Crippen molar-refractivity contribution in [3.63, 3.8) is 0 Å². The van der Waals surface area contributed by atoms with Gasteiger partial charge < -0.3 is 4.74 Å². The predicted octanol–water partition coefficient (Wildman–Crippen LogP) is 4.75. The molecule has 0 radical (unpaired) electrons. The lowest BCUT2D eigenvalue weighted by atomic mass is 9.76. The van der Waals surface area contributed by atoms with E-state index in [0.717, 1.165) is 12.1 Å². The summed E-state index contributed by atoms with van der Waals surface area (Å²) in [6.45, 7) is 3.10. The van der Waals surface area contributed by atoms with Crippen LogP contribution < -0.4 is 0 Å². The number of fused-ring (bicyclic) bond motifs is 1. The first-order valence-electron chi connectivity index (χ1n) is 8.82. The normalized spacial score (nSPS) is 21.8. The Bertz CT molecular complexity index is 1020. The summed E-state index contributed by atoms with van der Waals surface area (Å²) in [7, 11) is -4.48. The zero-order valence-corrected chi connectivity index (χ0v) is 16.9. The minimum Gasteiger partial charge on any atom is -0.465 e. The lowest BCUT2D eigenvalue weighted by Gasteiger charge is -2.38. The standard InChI is InChI=1S/C20H19ClF2O4S/c1-3-27-19(24)20(28(25,26)14-6-4-13(21)5-7-14)11-10-12(2)17-15(22)8-9-16(23)18(17)20/h4-9,12H,3,10-11H2,1-2H3. The topological polar surface area (TPSA) is 60.4 Å². The van der Waals surface area contributed by atoms with Crippen LogP contribution in [0.15, 0.2) is 41.3 Å². The van der Waals surface area contributed by atoms with E-state index >= 15 is 0 Å². The van der Waals surface area contributed by atoms with Gasteiger partial charge in [0, 0.05) is 10.6 Å². The fourth-order valence-electron chi connectivity index (χ4n) is 3.79. The van der Waals surface area contributed by atoms with Crippen molar-refractivity contribution in [1.82, 2.24) is 0 Å². The molecule has 0 fully saturated rings. The summed E-state index contributed by atoms with van der Waals surface area (Å²) >= 11 is 5.84. The van der Waals surface area contributed by atoms with Crippen LogP contribution in [0.4, 0.5) is 8.78 Å². The van der Waals surface area contributed by atoms with Gasteiger partial charge in [0.05, 0.1) is 11.5 Å². The molecule has 0 spiro atoms. The average Bonchev–Trinajstić information content (AvgIpc) is 2.65. The summed E-state index contributed by atoms with van der Waals surface area (Å²) < 4.78 is 59.6. The molecule has 0 N–H and O–H groups in total. The third kappa shape index (κ3) is 3.01. The second-order valence-corrected chi connectivity index (χ2v) is 9.37. The molecule has 0 heterocycles. The quantitative estimate of drug-likeness (QED) is 0.659. The highest BCUT2D eigenvalue weighted by molar-refractivity contribution is 7.93. The molecule has 28 heavy (non-hydrogen) atoms. The van der Waals surface area contributed by atoms with E-state index < -0.39 is 43.7 Å². The summed E-state index contributed by atoms with van der Waals surface area (Å²) in [6, 6.07) is 7.00. The highest BCUT2D eigenvalue weighted by atomic mass is 35.5. The van der Waals surface area contributed by atoms with E-state index in [9.17, 15) is 22.0 Å². The monoisotopic (exact) mass is 428 g/mol. The predicted molar refractivity (Wildman–Crippen MR) is 101 cm³/mol. The summed E-state index contributed by atoms with van der Waals surface area (Å²) in [6.07, 6.45) is -0.0374. The molecule has 150 valence electrons. The van der Waals surface area contributed by atoms with Crippen LogP contribution in [0.5, 0.6) is 0 Å². The van der Waals surface area contributed by atoms with E-state index in [1.54, 1.807) is 6.92 Å². The highest BCUT2D eigenvalue weighted by Gasteiger charge is 2.58. The second-order valence-electron chi connectivity index (χ2n) is 6.76. The van der Waals surface area contributed by atoms with Gasteiger partial charge in [-0.2, -0.15) is 0 Å². The Balaban J connectivity index is 2.40. The maximum Gasteiger partial charge on any atom is 0.332 e. The fraction of sp³-hybridized carbons (Fsp3) is 0.350. The second kappa shape index (κ2) is 7.44. The van der Waals surface area contributed by atoms with E-state index in [-0.39, 0.29) is 29.9 Å². The van der Waals surface area contributed by atoms with Crippen LogP contribution >= 0.6 is 11.6 Å². The molecule has 2 aromatic rings. The van der Waals surface area contributed by atoms with Crippen LogP contribution in [-0.4, -0.2) is 21.0 Å². The van der Waals surface area contributed by atoms with E-state index in [1.165, 1.54) is 31.2 Å². The minimum absolute atomic E-state index is 0.0987. The Hall–Kier alpha value is -1.99.